The summed E-state index contributed by atoms with van der Waals surface area (Å²) in [4.78, 5) is 35.3. The highest BCUT2D eigenvalue weighted by atomic mass is 35.5. The van der Waals surface area contributed by atoms with Crippen LogP contribution in [0.5, 0.6) is 11.5 Å². The molecule has 0 radical (unpaired) electrons. The van der Waals surface area contributed by atoms with Crippen LogP contribution in [0, 0.1) is 13.8 Å². The molecular weight excluding hydrogens is 500 g/mol. The number of hydrogen-bond donors (Lipinski definition) is 2. The van der Waals surface area contributed by atoms with Crippen molar-refractivity contribution in [2.24, 2.45) is 0 Å². The van der Waals surface area contributed by atoms with Crippen LogP contribution in [0.1, 0.15) is 40.7 Å². The van der Waals surface area contributed by atoms with Crippen LogP contribution in [0.3, 0.4) is 0 Å². The van der Waals surface area contributed by atoms with Gasteiger partial charge >= 0.3 is 0 Å². The molecule has 3 N–H and O–H groups in total. The number of thioether (sulfide) groups is 1. The zero-order valence-corrected chi connectivity index (χ0v) is 21.8. The van der Waals surface area contributed by atoms with Crippen LogP contribution in [-0.4, -0.2) is 38.1 Å². The molecule has 8 nitrogen and oxygen atoms in total. The first-order chi connectivity index (χ1) is 17.2. The van der Waals surface area contributed by atoms with Crippen molar-refractivity contribution in [1.29, 1.82) is 0 Å². The van der Waals surface area contributed by atoms with Crippen molar-refractivity contribution in [3.63, 3.8) is 0 Å². The van der Waals surface area contributed by atoms with Crippen LogP contribution in [0.25, 0.3) is 0 Å². The summed E-state index contributed by atoms with van der Waals surface area (Å²) in [5.74, 6) is 1.98. The average Bonchev–Trinajstić information content (AvgIpc) is 2.83. The summed E-state index contributed by atoms with van der Waals surface area (Å²) in [5, 5.41) is 9.96. The van der Waals surface area contributed by atoms with Gasteiger partial charge in [-0.15, -0.1) is 0 Å². The standard InChI is InChI=1S/C26H27ClN4O4S/c1-16-11-22(35-21-6-4-5-20(27)12-21)7-8-23(16)26(34)36-24(9-10-32)17(2)31(15-33)14-19-13-29-18(3)30-25(19)28/h4-8,11-13,15,32H,9-10,14H2,1-3H3,(H2,28,29,30). The molecule has 36 heavy (non-hydrogen) atoms. The van der Waals surface area contributed by atoms with E-state index < -0.39 is 0 Å². The molecule has 0 atom stereocenters. The van der Waals surface area contributed by atoms with Gasteiger partial charge in [-0.1, -0.05) is 17.7 Å². The van der Waals surface area contributed by atoms with E-state index in [1.165, 1.54) is 4.90 Å². The predicted octanol–water partition coefficient (Wildman–Crippen LogP) is 5.27. The van der Waals surface area contributed by atoms with E-state index in [2.05, 4.69) is 9.97 Å². The van der Waals surface area contributed by atoms with E-state index in [4.69, 9.17) is 22.1 Å². The van der Waals surface area contributed by atoms with Gasteiger partial charge in [-0.3, -0.25) is 9.59 Å². The van der Waals surface area contributed by atoms with Crippen LogP contribution in [0.2, 0.25) is 5.02 Å². The van der Waals surface area contributed by atoms with E-state index in [-0.39, 0.29) is 30.5 Å². The molecule has 0 saturated heterocycles. The summed E-state index contributed by atoms with van der Waals surface area (Å²) in [5.41, 5.74) is 8.32. The lowest BCUT2D eigenvalue weighted by Gasteiger charge is -2.22. The van der Waals surface area contributed by atoms with Gasteiger partial charge < -0.3 is 20.5 Å². The Hall–Kier alpha value is -3.40. The Morgan fingerprint density at radius 2 is 1.97 bits per heavy atom. The fourth-order valence-electron chi connectivity index (χ4n) is 3.38. The molecule has 0 fully saturated rings. The maximum Gasteiger partial charge on any atom is 0.224 e. The number of nitrogens with zero attached hydrogens (tertiary/aromatic N) is 3. The number of nitrogens with two attached hydrogens (primary N) is 1. The highest BCUT2D eigenvalue weighted by molar-refractivity contribution is 8.17. The van der Waals surface area contributed by atoms with Crippen LogP contribution in [-0.2, 0) is 11.3 Å². The van der Waals surface area contributed by atoms with Crippen molar-refractivity contribution in [2.75, 3.05) is 12.3 Å². The summed E-state index contributed by atoms with van der Waals surface area (Å²) in [6.45, 7) is 5.22. The number of nitrogen functional groups attached to an aromatic ring is 1. The maximum atomic E-state index is 13.2. The molecule has 188 valence electrons. The number of ether oxygens (including phenoxy) is 1. The highest BCUT2D eigenvalue weighted by Crippen LogP contribution is 2.32. The summed E-state index contributed by atoms with van der Waals surface area (Å²) < 4.78 is 5.84. The number of allylic oxidation sites excluding steroid dienone is 1. The van der Waals surface area contributed by atoms with E-state index in [0.29, 0.717) is 50.5 Å². The Balaban J connectivity index is 1.80. The maximum absolute atomic E-state index is 13.2. The van der Waals surface area contributed by atoms with Crippen molar-refractivity contribution in [1.82, 2.24) is 14.9 Å². The van der Waals surface area contributed by atoms with Gasteiger partial charge in [0.2, 0.25) is 11.5 Å². The number of carbonyl (C=O) groups excluding carboxylic acids is 2. The molecule has 3 aromatic rings. The predicted molar refractivity (Wildman–Crippen MR) is 142 cm³/mol. The second kappa shape index (κ2) is 12.5. The number of aliphatic hydroxyl groups is 1. The Bertz CT molecular complexity index is 1300. The van der Waals surface area contributed by atoms with Crippen molar-refractivity contribution < 1.29 is 19.4 Å². The largest absolute Gasteiger partial charge is 0.457 e. The number of hydrogen-bond acceptors (Lipinski definition) is 8. The molecule has 3 rings (SSSR count). The number of anilines is 1. The molecule has 0 saturated carbocycles. The van der Waals surface area contributed by atoms with Crippen LogP contribution in [0.4, 0.5) is 5.82 Å². The van der Waals surface area contributed by atoms with Crippen molar-refractivity contribution in [3.8, 4) is 11.5 Å². The first kappa shape index (κ1) is 27.2. The molecule has 1 amide bonds. The fraction of sp³-hybridized carbons (Fsp3) is 0.231. The van der Waals surface area contributed by atoms with Gasteiger partial charge in [0.1, 0.15) is 23.1 Å². The number of aromatic nitrogens is 2. The fourth-order valence-corrected chi connectivity index (χ4v) is 4.58. The summed E-state index contributed by atoms with van der Waals surface area (Å²) >= 11 is 6.99. The second-order valence-corrected chi connectivity index (χ2v) is 9.47. The van der Waals surface area contributed by atoms with Crippen LogP contribution < -0.4 is 10.5 Å². The lowest BCUT2D eigenvalue weighted by atomic mass is 10.1. The van der Waals surface area contributed by atoms with Crippen LogP contribution >= 0.6 is 23.4 Å². The molecule has 1 aromatic heterocycles. The van der Waals surface area contributed by atoms with Gasteiger partial charge in [-0.25, -0.2) is 9.97 Å². The number of rotatable bonds is 10. The Morgan fingerprint density at radius 3 is 2.61 bits per heavy atom. The number of aliphatic hydroxyl groups excluding tert-OH is 1. The van der Waals surface area contributed by atoms with E-state index in [0.717, 1.165) is 17.3 Å². The molecule has 10 heteroatoms. The zero-order chi connectivity index (χ0) is 26.2. The smallest absolute Gasteiger partial charge is 0.224 e. The number of benzene rings is 2. The molecule has 1 heterocycles. The summed E-state index contributed by atoms with van der Waals surface area (Å²) in [6, 6.07) is 12.2. The molecule has 2 aromatic carbocycles. The summed E-state index contributed by atoms with van der Waals surface area (Å²) in [7, 11) is 0. The quantitative estimate of drug-likeness (QED) is 0.343. The molecular formula is C26H27ClN4O4S. The van der Waals surface area contributed by atoms with E-state index in [9.17, 15) is 14.7 Å². The normalized spacial score (nSPS) is 11.6. The van der Waals surface area contributed by atoms with Gasteiger partial charge in [-0.05, 0) is 74.5 Å². The average molecular weight is 527 g/mol. The molecule has 0 spiro atoms. The Kier molecular flexibility index (Phi) is 9.46. The number of carbonyl (C=O) groups is 2. The lowest BCUT2D eigenvalue weighted by Crippen LogP contribution is -2.22. The van der Waals surface area contributed by atoms with Gasteiger partial charge in [0.25, 0.3) is 0 Å². The summed E-state index contributed by atoms with van der Waals surface area (Å²) in [6.07, 6.45) is 2.44. The molecule has 0 aliphatic rings. The minimum Gasteiger partial charge on any atom is -0.457 e. The number of halogens is 1. The van der Waals surface area contributed by atoms with Gasteiger partial charge in [0.05, 0.1) is 6.54 Å². The van der Waals surface area contributed by atoms with Crippen molar-refractivity contribution in [2.45, 2.75) is 33.7 Å². The van der Waals surface area contributed by atoms with Gasteiger partial charge in [-0.2, -0.15) is 0 Å². The first-order valence-electron chi connectivity index (χ1n) is 11.1. The Labute approximate surface area is 219 Å². The van der Waals surface area contributed by atoms with Crippen LogP contribution in [0.15, 0.2) is 59.3 Å². The van der Waals surface area contributed by atoms with Crippen molar-refractivity contribution >= 4 is 40.7 Å². The molecule has 0 bridgehead atoms. The van der Waals surface area contributed by atoms with Gasteiger partial charge in [0.15, 0.2) is 0 Å². The zero-order valence-electron chi connectivity index (χ0n) is 20.2. The van der Waals surface area contributed by atoms with E-state index >= 15 is 0 Å². The number of amides is 1. The molecule has 0 aliphatic carbocycles. The van der Waals surface area contributed by atoms with E-state index in [1.807, 2.05) is 6.92 Å². The van der Waals surface area contributed by atoms with Crippen molar-refractivity contribution in [3.05, 3.63) is 86.8 Å². The SMILES string of the molecule is CC(=C(CCO)SC(=O)c1ccc(Oc2cccc(Cl)c2)cc1C)N(C=O)Cc1cnc(C)nc1N. The molecule has 0 unspecified atom stereocenters. The van der Waals surface area contributed by atoms with Gasteiger partial charge in [0, 0.05) is 46.0 Å². The third kappa shape index (κ3) is 7.07. The monoisotopic (exact) mass is 526 g/mol. The van der Waals surface area contributed by atoms with E-state index in [1.54, 1.807) is 62.5 Å². The number of aryl methyl sites for hydroxylation is 2. The lowest BCUT2D eigenvalue weighted by molar-refractivity contribution is -0.116. The third-order valence-corrected chi connectivity index (χ3v) is 6.71. The Morgan fingerprint density at radius 1 is 1.22 bits per heavy atom. The topological polar surface area (TPSA) is 119 Å². The first-order valence-corrected chi connectivity index (χ1v) is 12.3. The highest BCUT2D eigenvalue weighted by Gasteiger charge is 2.19. The third-order valence-electron chi connectivity index (χ3n) is 5.33. The second-order valence-electron chi connectivity index (χ2n) is 7.97. The minimum absolute atomic E-state index is 0.139. The minimum atomic E-state index is -0.214. The molecule has 0 aliphatic heterocycles.